The standard InChI is InChI=1S/C20H36O3Si/c1-11-16-14-12-13-15-17(16)24(21-18(2,3)4,22-19(5,6)7)23-20(8,9)10/h12-15H,11H2,1-10H3. The summed E-state index contributed by atoms with van der Waals surface area (Å²) in [6, 6.07) is 8.35. The van der Waals surface area contributed by atoms with Gasteiger partial charge in [-0.1, -0.05) is 31.2 Å². The fourth-order valence-corrected chi connectivity index (χ4v) is 6.39. The smallest absolute Gasteiger partial charge is 0.365 e. The van der Waals surface area contributed by atoms with Gasteiger partial charge in [0.05, 0.1) is 16.8 Å². The number of aryl methyl sites for hydroxylation is 1. The Balaban J connectivity index is 3.60. The Labute approximate surface area is 150 Å². The predicted octanol–water partition coefficient (Wildman–Crippen LogP) is 4.84. The molecule has 0 bridgehead atoms. The average Bonchev–Trinajstić information content (AvgIpc) is 2.32. The SMILES string of the molecule is CCc1ccccc1[Si](OC(C)(C)C)(OC(C)(C)C)OC(C)(C)C. The molecule has 0 amide bonds. The van der Waals surface area contributed by atoms with Gasteiger partial charge >= 0.3 is 8.80 Å². The molecule has 0 saturated carbocycles. The van der Waals surface area contributed by atoms with E-state index in [9.17, 15) is 0 Å². The first kappa shape index (κ1) is 21.4. The zero-order valence-corrected chi connectivity index (χ0v) is 18.2. The summed E-state index contributed by atoms with van der Waals surface area (Å²) in [5.41, 5.74) is 0.110. The lowest BCUT2D eigenvalue weighted by Gasteiger charge is -2.43. The summed E-state index contributed by atoms with van der Waals surface area (Å²) < 4.78 is 19.8. The van der Waals surface area contributed by atoms with Gasteiger partial charge in [0, 0.05) is 5.19 Å². The van der Waals surface area contributed by atoms with Crippen molar-refractivity contribution in [2.75, 3.05) is 0 Å². The Hall–Kier alpha value is -0.683. The molecule has 0 aliphatic carbocycles. The lowest BCUT2D eigenvalue weighted by molar-refractivity contribution is -0.0656. The topological polar surface area (TPSA) is 27.7 Å². The van der Waals surface area contributed by atoms with Gasteiger partial charge in [-0.25, -0.2) is 0 Å². The number of hydrogen-bond donors (Lipinski definition) is 0. The lowest BCUT2D eigenvalue weighted by atomic mass is 10.2. The summed E-state index contributed by atoms with van der Waals surface area (Å²) in [5.74, 6) is 0. The first-order valence-corrected chi connectivity index (χ1v) is 10.6. The van der Waals surface area contributed by atoms with Crippen molar-refractivity contribution in [2.45, 2.75) is 92.5 Å². The maximum atomic E-state index is 6.60. The fourth-order valence-electron chi connectivity index (χ4n) is 2.56. The van der Waals surface area contributed by atoms with Gasteiger partial charge in [-0.2, -0.15) is 0 Å². The molecule has 0 fully saturated rings. The van der Waals surface area contributed by atoms with E-state index in [1.54, 1.807) is 0 Å². The molecule has 0 heterocycles. The van der Waals surface area contributed by atoms with Gasteiger partial charge in [0.2, 0.25) is 0 Å². The maximum absolute atomic E-state index is 6.60. The first-order chi connectivity index (χ1) is 10.7. The van der Waals surface area contributed by atoms with Crippen LogP contribution in [0, 0.1) is 0 Å². The minimum absolute atomic E-state index is 0.371. The summed E-state index contributed by atoms with van der Waals surface area (Å²) in [6.45, 7) is 20.7. The molecule has 1 rings (SSSR count). The summed E-state index contributed by atoms with van der Waals surface area (Å²) in [4.78, 5) is 0. The Morgan fingerprint density at radius 3 is 1.42 bits per heavy atom. The number of hydrogen-bond acceptors (Lipinski definition) is 3. The molecule has 0 aliphatic heterocycles. The van der Waals surface area contributed by atoms with Crippen LogP contribution in [0.4, 0.5) is 0 Å². The van der Waals surface area contributed by atoms with Crippen LogP contribution in [-0.2, 0) is 19.7 Å². The maximum Gasteiger partial charge on any atom is 0.538 e. The monoisotopic (exact) mass is 352 g/mol. The normalized spacial score (nSPS) is 14.1. The molecule has 138 valence electrons. The molecule has 0 saturated heterocycles. The van der Waals surface area contributed by atoms with Crippen LogP contribution in [-0.4, -0.2) is 25.6 Å². The minimum atomic E-state index is -3.14. The molecule has 1 aromatic carbocycles. The van der Waals surface area contributed by atoms with Crippen LogP contribution in [0.5, 0.6) is 0 Å². The van der Waals surface area contributed by atoms with Crippen molar-refractivity contribution in [1.29, 1.82) is 0 Å². The second kappa shape index (κ2) is 7.28. The Bertz CT molecular complexity index is 492. The van der Waals surface area contributed by atoms with E-state index >= 15 is 0 Å². The Morgan fingerprint density at radius 2 is 1.08 bits per heavy atom. The van der Waals surface area contributed by atoms with E-state index in [4.69, 9.17) is 13.3 Å². The average molecular weight is 353 g/mol. The van der Waals surface area contributed by atoms with E-state index in [1.165, 1.54) is 5.56 Å². The summed E-state index contributed by atoms with van der Waals surface area (Å²) in [7, 11) is -3.14. The quantitative estimate of drug-likeness (QED) is 0.710. The van der Waals surface area contributed by atoms with Gasteiger partial charge in [-0.15, -0.1) is 0 Å². The molecular weight excluding hydrogens is 316 g/mol. The van der Waals surface area contributed by atoms with Crippen LogP contribution in [0.25, 0.3) is 0 Å². The van der Waals surface area contributed by atoms with Gasteiger partial charge in [-0.05, 0) is 74.3 Å². The molecule has 0 aliphatic rings. The zero-order chi connectivity index (χ0) is 18.8. The summed E-state index contributed by atoms with van der Waals surface area (Å²) in [5, 5.41) is 1.08. The third-order valence-electron chi connectivity index (χ3n) is 3.05. The number of benzene rings is 1. The predicted molar refractivity (Wildman–Crippen MR) is 104 cm³/mol. The van der Waals surface area contributed by atoms with E-state index in [2.05, 4.69) is 87.4 Å². The molecule has 1 aromatic rings. The molecule has 3 nitrogen and oxygen atoms in total. The number of rotatable bonds is 5. The lowest BCUT2D eigenvalue weighted by Crippen LogP contribution is -2.65. The second-order valence-corrected chi connectivity index (χ2v) is 11.5. The van der Waals surface area contributed by atoms with Crippen LogP contribution < -0.4 is 5.19 Å². The van der Waals surface area contributed by atoms with E-state index in [-0.39, 0.29) is 16.8 Å². The van der Waals surface area contributed by atoms with Crippen LogP contribution >= 0.6 is 0 Å². The van der Waals surface area contributed by atoms with Crippen molar-refractivity contribution >= 4 is 14.0 Å². The van der Waals surface area contributed by atoms with Crippen molar-refractivity contribution in [2.24, 2.45) is 0 Å². The van der Waals surface area contributed by atoms with Gasteiger partial charge in [-0.3, -0.25) is 0 Å². The van der Waals surface area contributed by atoms with Crippen molar-refractivity contribution in [3.8, 4) is 0 Å². The van der Waals surface area contributed by atoms with E-state index in [0.29, 0.717) is 0 Å². The minimum Gasteiger partial charge on any atom is -0.365 e. The first-order valence-electron chi connectivity index (χ1n) is 8.86. The van der Waals surface area contributed by atoms with Crippen molar-refractivity contribution in [1.82, 2.24) is 0 Å². The third-order valence-corrected chi connectivity index (χ3v) is 6.84. The van der Waals surface area contributed by atoms with Gasteiger partial charge in [0.15, 0.2) is 0 Å². The van der Waals surface area contributed by atoms with Crippen LogP contribution in [0.1, 0.15) is 74.8 Å². The highest BCUT2D eigenvalue weighted by Crippen LogP contribution is 2.29. The molecule has 24 heavy (non-hydrogen) atoms. The third kappa shape index (κ3) is 6.67. The molecule has 0 N–H and O–H groups in total. The van der Waals surface area contributed by atoms with Gasteiger partial charge in [0.25, 0.3) is 0 Å². The summed E-state index contributed by atoms with van der Waals surface area (Å²) in [6.07, 6.45) is 0.916. The highest BCUT2D eigenvalue weighted by Gasteiger charge is 2.53. The molecule has 4 heteroatoms. The van der Waals surface area contributed by atoms with Crippen LogP contribution in [0.15, 0.2) is 24.3 Å². The van der Waals surface area contributed by atoms with E-state index in [0.717, 1.165) is 11.6 Å². The van der Waals surface area contributed by atoms with Crippen molar-refractivity contribution in [3.63, 3.8) is 0 Å². The summed E-state index contributed by atoms with van der Waals surface area (Å²) >= 11 is 0. The zero-order valence-electron chi connectivity index (χ0n) is 17.2. The largest absolute Gasteiger partial charge is 0.538 e. The van der Waals surface area contributed by atoms with Crippen LogP contribution in [0.3, 0.4) is 0 Å². The molecule has 0 aromatic heterocycles. The molecule has 0 unspecified atom stereocenters. The Kier molecular flexibility index (Phi) is 6.48. The van der Waals surface area contributed by atoms with Crippen molar-refractivity contribution < 1.29 is 13.3 Å². The van der Waals surface area contributed by atoms with Crippen LogP contribution in [0.2, 0.25) is 0 Å². The second-order valence-electron chi connectivity index (χ2n) is 9.21. The molecule has 0 spiro atoms. The molecular formula is C20H36O3Si. The van der Waals surface area contributed by atoms with Gasteiger partial charge in [0.1, 0.15) is 0 Å². The molecule has 0 radical (unpaired) electrons. The Morgan fingerprint density at radius 1 is 0.708 bits per heavy atom. The van der Waals surface area contributed by atoms with Crippen molar-refractivity contribution in [3.05, 3.63) is 29.8 Å². The van der Waals surface area contributed by atoms with E-state index in [1.807, 2.05) is 6.07 Å². The fraction of sp³-hybridized carbons (Fsp3) is 0.700. The van der Waals surface area contributed by atoms with E-state index < -0.39 is 8.80 Å². The molecule has 0 atom stereocenters. The van der Waals surface area contributed by atoms with Gasteiger partial charge < -0.3 is 13.3 Å². The highest BCUT2D eigenvalue weighted by molar-refractivity contribution is 6.76. The highest BCUT2D eigenvalue weighted by atomic mass is 28.4.